The molecule has 0 bridgehead atoms. The Balaban J connectivity index is 1.36. The van der Waals surface area contributed by atoms with Crippen LogP contribution in [0.3, 0.4) is 0 Å². The summed E-state index contributed by atoms with van der Waals surface area (Å²) in [6.45, 7) is 4.47. The Labute approximate surface area is 176 Å². The van der Waals surface area contributed by atoms with Gasteiger partial charge in [0.15, 0.2) is 0 Å². The molecule has 162 valence electrons. The third kappa shape index (κ3) is 4.88. The van der Waals surface area contributed by atoms with Gasteiger partial charge in [-0.1, -0.05) is 33.1 Å². The van der Waals surface area contributed by atoms with Crippen LogP contribution < -0.4 is 0 Å². The second-order valence-electron chi connectivity index (χ2n) is 10.7. The van der Waals surface area contributed by atoms with Crippen LogP contribution in [0.25, 0.3) is 0 Å². The molecule has 3 fully saturated rings. The smallest absolute Gasteiger partial charge is 0.129 e. The van der Waals surface area contributed by atoms with Gasteiger partial charge in [-0.15, -0.1) is 0 Å². The number of hydrogen-bond acceptors (Lipinski definition) is 0. The fraction of sp³-hybridized carbons (Fsp3) is 0.778. The van der Waals surface area contributed by atoms with Gasteiger partial charge in [0.25, 0.3) is 0 Å². The molecule has 4 atom stereocenters. The summed E-state index contributed by atoms with van der Waals surface area (Å²) in [5, 5.41) is 0. The number of unbranched alkanes of at least 4 members (excludes halogenated alkanes) is 1. The minimum absolute atomic E-state index is 0.298. The quantitative estimate of drug-likeness (QED) is 0.463. The summed E-state index contributed by atoms with van der Waals surface area (Å²) >= 11 is 0. The molecule has 1 aromatic carbocycles. The van der Waals surface area contributed by atoms with Crippen molar-refractivity contribution in [2.75, 3.05) is 0 Å². The highest BCUT2D eigenvalue weighted by Gasteiger charge is 2.39. The molecule has 0 heterocycles. The van der Waals surface area contributed by atoms with Crippen molar-refractivity contribution < 1.29 is 8.78 Å². The Bertz CT molecular complexity index is 650. The second kappa shape index (κ2) is 9.48. The molecule has 4 unspecified atom stereocenters. The largest absolute Gasteiger partial charge is 0.207 e. The van der Waals surface area contributed by atoms with Gasteiger partial charge >= 0.3 is 0 Å². The molecular weight excluding hydrogens is 362 g/mol. The molecule has 0 amide bonds. The second-order valence-corrected chi connectivity index (χ2v) is 10.7. The topological polar surface area (TPSA) is 0 Å². The Hall–Kier alpha value is -0.920. The molecule has 0 spiro atoms. The van der Waals surface area contributed by atoms with Crippen LogP contribution >= 0.6 is 0 Å². The van der Waals surface area contributed by atoms with E-state index in [0.717, 1.165) is 60.8 Å². The zero-order chi connectivity index (χ0) is 20.4. The zero-order valence-corrected chi connectivity index (χ0v) is 18.6. The van der Waals surface area contributed by atoms with E-state index in [2.05, 4.69) is 13.8 Å². The molecule has 0 aromatic heterocycles. The van der Waals surface area contributed by atoms with Crippen molar-refractivity contribution in [3.63, 3.8) is 0 Å². The molecule has 0 aliphatic heterocycles. The van der Waals surface area contributed by atoms with Crippen LogP contribution in [0, 0.1) is 41.2 Å². The number of halogens is 2. The molecule has 0 N–H and O–H groups in total. The Kier molecular flexibility index (Phi) is 6.97. The molecule has 2 heteroatoms. The van der Waals surface area contributed by atoms with Gasteiger partial charge in [-0.3, -0.25) is 0 Å². The lowest BCUT2D eigenvalue weighted by atomic mass is 9.60. The highest BCUT2D eigenvalue weighted by molar-refractivity contribution is 5.29. The Morgan fingerprint density at radius 1 is 0.759 bits per heavy atom. The van der Waals surface area contributed by atoms with Gasteiger partial charge in [0.1, 0.15) is 11.6 Å². The van der Waals surface area contributed by atoms with Crippen molar-refractivity contribution in [3.8, 4) is 0 Å². The lowest BCUT2D eigenvalue weighted by molar-refractivity contribution is 0.0731. The van der Waals surface area contributed by atoms with Crippen molar-refractivity contribution >= 4 is 0 Å². The van der Waals surface area contributed by atoms with Crippen molar-refractivity contribution in [2.45, 2.75) is 103 Å². The van der Waals surface area contributed by atoms with Crippen molar-refractivity contribution in [3.05, 3.63) is 34.9 Å². The first-order valence-corrected chi connectivity index (χ1v) is 12.5. The van der Waals surface area contributed by atoms with E-state index in [1.54, 1.807) is 12.1 Å². The van der Waals surface area contributed by atoms with Crippen LogP contribution in [0.15, 0.2) is 12.1 Å². The first-order chi connectivity index (χ1) is 14.0. The first kappa shape index (κ1) is 21.3. The van der Waals surface area contributed by atoms with Gasteiger partial charge in [0.05, 0.1) is 0 Å². The summed E-state index contributed by atoms with van der Waals surface area (Å²) in [6.07, 6.45) is 15.8. The third-order valence-electron chi connectivity index (χ3n) is 8.80. The van der Waals surface area contributed by atoms with E-state index in [-0.39, 0.29) is 11.6 Å². The predicted molar refractivity (Wildman–Crippen MR) is 117 cm³/mol. The maximum absolute atomic E-state index is 14.6. The van der Waals surface area contributed by atoms with E-state index >= 15 is 0 Å². The summed E-state index contributed by atoms with van der Waals surface area (Å²) in [4.78, 5) is 0. The maximum Gasteiger partial charge on any atom is 0.129 e. The number of rotatable bonds is 5. The number of fused-ring (bicyclic) bond motifs is 1. The van der Waals surface area contributed by atoms with Gasteiger partial charge in [-0.25, -0.2) is 8.78 Å². The summed E-state index contributed by atoms with van der Waals surface area (Å²) in [6, 6.07) is 3.32. The van der Waals surface area contributed by atoms with Crippen molar-refractivity contribution in [1.82, 2.24) is 0 Å². The maximum atomic E-state index is 14.6. The third-order valence-corrected chi connectivity index (χ3v) is 8.80. The lowest BCUT2D eigenvalue weighted by Gasteiger charge is -2.45. The van der Waals surface area contributed by atoms with Gasteiger partial charge in [0, 0.05) is 5.56 Å². The van der Waals surface area contributed by atoms with Gasteiger partial charge in [-0.2, -0.15) is 0 Å². The Morgan fingerprint density at radius 2 is 1.31 bits per heavy atom. The van der Waals surface area contributed by atoms with E-state index in [0.29, 0.717) is 17.9 Å². The predicted octanol–water partition coefficient (Wildman–Crippen LogP) is 8.43. The number of benzene rings is 1. The normalized spacial score (nSPS) is 35.3. The van der Waals surface area contributed by atoms with Crippen LogP contribution in [-0.2, 0) is 6.42 Å². The molecule has 4 rings (SSSR count). The highest BCUT2D eigenvalue weighted by Crippen LogP contribution is 2.51. The molecule has 3 aliphatic carbocycles. The summed E-state index contributed by atoms with van der Waals surface area (Å²) in [5.74, 6) is 4.23. The van der Waals surface area contributed by atoms with Gasteiger partial charge in [-0.05, 0) is 117 Å². The summed E-state index contributed by atoms with van der Waals surface area (Å²) in [5.41, 5.74) is 1.22. The van der Waals surface area contributed by atoms with E-state index in [4.69, 9.17) is 0 Å². The molecule has 0 saturated heterocycles. The lowest BCUT2D eigenvalue weighted by Crippen LogP contribution is -2.34. The fourth-order valence-electron chi connectivity index (χ4n) is 6.86. The average Bonchev–Trinajstić information content (AvgIpc) is 2.73. The molecule has 3 aliphatic rings. The zero-order valence-electron chi connectivity index (χ0n) is 18.6. The molecule has 3 saturated carbocycles. The molecular formula is C27H40F2. The van der Waals surface area contributed by atoms with Gasteiger partial charge in [0.2, 0.25) is 0 Å². The molecule has 29 heavy (non-hydrogen) atoms. The summed E-state index contributed by atoms with van der Waals surface area (Å²) in [7, 11) is 0. The SMILES string of the molecule is CCCCc1c(F)cc(C2CCC3CC(C4CCC(C)CC4)CCC3C2)cc1F. The van der Waals surface area contributed by atoms with Gasteiger partial charge < -0.3 is 0 Å². The van der Waals surface area contributed by atoms with Crippen molar-refractivity contribution in [1.29, 1.82) is 0 Å². The summed E-state index contributed by atoms with van der Waals surface area (Å²) < 4.78 is 29.1. The van der Waals surface area contributed by atoms with Crippen LogP contribution in [0.2, 0.25) is 0 Å². The first-order valence-electron chi connectivity index (χ1n) is 12.5. The van der Waals surface area contributed by atoms with Crippen LogP contribution in [0.4, 0.5) is 8.78 Å². The van der Waals surface area contributed by atoms with Crippen molar-refractivity contribution in [2.24, 2.45) is 29.6 Å². The highest BCUT2D eigenvalue weighted by atomic mass is 19.1. The van der Waals surface area contributed by atoms with E-state index in [9.17, 15) is 8.78 Å². The molecule has 0 nitrogen and oxygen atoms in total. The minimum atomic E-state index is -0.314. The molecule has 0 radical (unpaired) electrons. The molecule has 1 aromatic rings. The van der Waals surface area contributed by atoms with E-state index < -0.39 is 0 Å². The minimum Gasteiger partial charge on any atom is -0.207 e. The van der Waals surface area contributed by atoms with E-state index in [1.807, 2.05) is 0 Å². The Morgan fingerprint density at radius 3 is 1.97 bits per heavy atom. The van der Waals surface area contributed by atoms with Crippen LogP contribution in [0.1, 0.15) is 108 Å². The van der Waals surface area contributed by atoms with E-state index in [1.165, 1.54) is 51.4 Å². The fourth-order valence-corrected chi connectivity index (χ4v) is 6.86. The average molecular weight is 403 g/mol. The standard InChI is InChI=1S/C27H40F2/c1-3-4-5-25-26(28)16-24(17-27(25)29)23-13-12-21-14-20(10-11-22(21)15-23)19-8-6-18(2)7-9-19/h16-23H,3-15H2,1-2H3. The number of hydrogen-bond donors (Lipinski definition) is 0. The monoisotopic (exact) mass is 402 g/mol. The van der Waals surface area contributed by atoms with Crippen LogP contribution in [-0.4, -0.2) is 0 Å². The van der Waals surface area contributed by atoms with Crippen LogP contribution in [0.5, 0.6) is 0 Å².